The minimum atomic E-state index is -0.0343. The number of halogens is 1. The van der Waals surface area contributed by atoms with Gasteiger partial charge in [-0.25, -0.2) is 0 Å². The molecule has 3 rings (SSSR count). The number of nitrogens with zero attached hydrogens (tertiary/aromatic N) is 1. The predicted octanol–water partition coefficient (Wildman–Crippen LogP) is 1.55. The van der Waals surface area contributed by atoms with Crippen LogP contribution < -0.4 is 15.5 Å². The third-order valence-corrected chi connectivity index (χ3v) is 3.97. The molecule has 2 amide bonds. The van der Waals surface area contributed by atoms with E-state index >= 15 is 0 Å². The van der Waals surface area contributed by atoms with Crippen molar-refractivity contribution < 1.29 is 14.3 Å². The van der Waals surface area contributed by atoms with Gasteiger partial charge in [-0.2, -0.15) is 0 Å². The first-order valence-electron chi connectivity index (χ1n) is 7.74. The molecule has 23 heavy (non-hydrogen) atoms. The van der Waals surface area contributed by atoms with E-state index in [4.69, 9.17) is 4.74 Å². The maximum Gasteiger partial charge on any atom is 0.227 e. The Kier molecular flexibility index (Phi) is 6.38. The summed E-state index contributed by atoms with van der Waals surface area (Å²) in [6.07, 6.45) is 1.93. The van der Waals surface area contributed by atoms with Gasteiger partial charge in [0.2, 0.25) is 11.8 Å². The number of ether oxygens (including phenoxy) is 1. The highest BCUT2D eigenvalue weighted by Crippen LogP contribution is 2.23. The molecule has 7 heteroatoms. The normalized spacial score (nSPS) is 21.0. The lowest BCUT2D eigenvalue weighted by atomic mass is 10.2. The largest absolute Gasteiger partial charge is 0.378 e. The summed E-state index contributed by atoms with van der Waals surface area (Å²) in [4.78, 5) is 25.5. The van der Waals surface area contributed by atoms with Gasteiger partial charge in [0.05, 0.1) is 13.2 Å². The Balaban J connectivity index is 0.00000192. The van der Waals surface area contributed by atoms with Crippen molar-refractivity contribution in [2.45, 2.75) is 25.3 Å². The molecule has 2 aliphatic rings. The zero-order chi connectivity index (χ0) is 15.4. The number of rotatable bonds is 4. The number of carbonyl (C=O) groups excluding carboxylic acids is 2. The summed E-state index contributed by atoms with van der Waals surface area (Å²) in [5.41, 5.74) is 1.64. The highest BCUT2D eigenvalue weighted by Gasteiger charge is 2.21. The van der Waals surface area contributed by atoms with Gasteiger partial charge >= 0.3 is 0 Å². The van der Waals surface area contributed by atoms with Crippen molar-refractivity contribution in [2.75, 3.05) is 36.5 Å². The summed E-state index contributed by atoms with van der Waals surface area (Å²) in [6, 6.07) is 7.50. The number of benzene rings is 1. The summed E-state index contributed by atoms with van der Waals surface area (Å²) < 4.78 is 5.34. The van der Waals surface area contributed by atoms with Crippen molar-refractivity contribution in [1.29, 1.82) is 0 Å². The fourth-order valence-corrected chi connectivity index (χ4v) is 2.83. The van der Waals surface area contributed by atoms with E-state index in [-0.39, 0.29) is 30.3 Å². The minimum Gasteiger partial charge on any atom is -0.378 e. The first-order valence-corrected chi connectivity index (χ1v) is 7.74. The molecule has 1 unspecified atom stereocenters. The third kappa shape index (κ3) is 4.67. The van der Waals surface area contributed by atoms with Crippen LogP contribution >= 0.6 is 12.4 Å². The smallest absolute Gasteiger partial charge is 0.227 e. The number of hydrogen-bond acceptors (Lipinski definition) is 4. The molecule has 2 fully saturated rings. The van der Waals surface area contributed by atoms with Crippen LogP contribution in [-0.4, -0.2) is 44.2 Å². The Morgan fingerprint density at radius 1 is 1.35 bits per heavy atom. The molecule has 126 valence electrons. The quantitative estimate of drug-likeness (QED) is 0.873. The van der Waals surface area contributed by atoms with Gasteiger partial charge in [-0.1, -0.05) is 0 Å². The van der Waals surface area contributed by atoms with Gasteiger partial charge < -0.3 is 20.3 Å². The number of anilines is 2. The van der Waals surface area contributed by atoms with E-state index in [0.717, 1.165) is 30.9 Å². The van der Waals surface area contributed by atoms with E-state index < -0.39 is 0 Å². The first kappa shape index (κ1) is 17.7. The minimum absolute atomic E-state index is 0. The standard InChI is InChI=1S/C16H21N3O3.ClH/c20-15(10-13-11-22-9-7-17-13)18-12-3-5-14(6-4-12)19-8-1-2-16(19)21;/h3-6,13,17H,1-2,7-11H2,(H,18,20);1H. The average Bonchev–Trinajstić information content (AvgIpc) is 2.95. The lowest BCUT2D eigenvalue weighted by Crippen LogP contribution is -2.43. The molecule has 0 bridgehead atoms. The van der Waals surface area contributed by atoms with Crippen LogP contribution in [-0.2, 0) is 14.3 Å². The first-order chi connectivity index (χ1) is 10.7. The fraction of sp³-hybridized carbons (Fsp3) is 0.500. The van der Waals surface area contributed by atoms with Crippen molar-refractivity contribution in [3.05, 3.63) is 24.3 Å². The summed E-state index contributed by atoms with van der Waals surface area (Å²) >= 11 is 0. The molecule has 0 aromatic heterocycles. The van der Waals surface area contributed by atoms with Crippen molar-refractivity contribution >= 4 is 35.6 Å². The number of amides is 2. The lowest BCUT2D eigenvalue weighted by Gasteiger charge is -2.23. The van der Waals surface area contributed by atoms with E-state index in [1.54, 1.807) is 4.90 Å². The molecule has 2 heterocycles. The van der Waals surface area contributed by atoms with Crippen molar-refractivity contribution in [2.24, 2.45) is 0 Å². The van der Waals surface area contributed by atoms with Crippen LogP contribution in [0.4, 0.5) is 11.4 Å². The third-order valence-electron chi connectivity index (χ3n) is 3.97. The summed E-state index contributed by atoms with van der Waals surface area (Å²) in [6.45, 7) is 2.84. The van der Waals surface area contributed by atoms with Gasteiger partial charge in [0.25, 0.3) is 0 Å². The SMILES string of the molecule is Cl.O=C(CC1COCCN1)Nc1ccc(N2CCCC2=O)cc1. The number of hydrogen-bond donors (Lipinski definition) is 2. The monoisotopic (exact) mass is 339 g/mol. The molecular formula is C16H22ClN3O3. The molecule has 1 aromatic carbocycles. The van der Waals surface area contributed by atoms with Gasteiger partial charge in [-0.3, -0.25) is 9.59 Å². The lowest BCUT2D eigenvalue weighted by molar-refractivity contribution is -0.118. The van der Waals surface area contributed by atoms with E-state index in [2.05, 4.69) is 10.6 Å². The highest BCUT2D eigenvalue weighted by molar-refractivity contribution is 5.96. The van der Waals surface area contributed by atoms with E-state index in [1.807, 2.05) is 24.3 Å². The van der Waals surface area contributed by atoms with Crippen LogP contribution in [0.1, 0.15) is 19.3 Å². The van der Waals surface area contributed by atoms with Crippen LogP contribution in [0.25, 0.3) is 0 Å². The number of nitrogens with one attached hydrogen (secondary N) is 2. The second-order valence-electron chi connectivity index (χ2n) is 5.67. The Morgan fingerprint density at radius 2 is 2.13 bits per heavy atom. The Bertz CT molecular complexity index is 544. The van der Waals surface area contributed by atoms with E-state index in [0.29, 0.717) is 26.1 Å². The molecule has 0 aliphatic carbocycles. The second-order valence-corrected chi connectivity index (χ2v) is 5.67. The van der Waals surface area contributed by atoms with Crippen molar-refractivity contribution in [3.63, 3.8) is 0 Å². The maximum atomic E-state index is 12.0. The molecule has 1 aromatic rings. The number of carbonyl (C=O) groups is 2. The van der Waals surface area contributed by atoms with Gasteiger partial charge in [-0.05, 0) is 30.7 Å². The molecule has 6 nitrogen and oxygen atoms in total. The topological polar surface area (TPSA) is 70.7 Å². The van der Waals surface area contributed by atoms with Gasteiger partial charge in [-0.15, -0.1) is 12.4 Å². The molecule has 2 N–H and O–H groups in total. The van der Waals surface area contributed by atoms with Crippen LogP contribution in [0, 0.1) is 0 Å². The van der Waals surface area contributed by atoms with Crippen LogP contribution in [0.2, 0.25) is 0 Å². The average molecular weight is 340 g/mol. The molecule has 2 aliphatic heterocycles. The van der Waals surface area contributed by atoms with Crippen LogP contribution in [0.15, 0.2) is 24.3 Å². The maximum absolute atomic E-state index is 12.0. The Hall–Kier alpha value is -1.63. The Morgan fingerprint density at radius 3 is 2.74 bits per heavy atom. The predicted molar refractivity (Wildman–Crippen MR) is 91.1 cm³/mol. The second kappa shape index (κ2) is 8.29. The van der Waals surface area contributed by atoms with Gasteiger partial charge in [0.15, 0.2) is 0 Å². The van der Waals surface area contributed by atoms with Crippen molar-refractivity contribution in [3.8, 4) is 0 Å². The van der Waals surface area contributed by atoms with Crippen molar-refractivity contribution in [1.82, 2.24) is 5.32 Å². The number of morpholine rings is 1. The highest BCUT2D eigenvalue weighted by atomic mass is 35.5. The fourth-order valence-electron chi connectivity index (χ4n) is 2.83. The molecule has 1 atom stereocenters. The summed E-state index contributed by atoms with van der Waals surface area (Å²) in [5, 5.41) is 6.14. The molecule has 0 spiro atoms. The summed E-state index contributed by atoms with van der Waals surface area (Å²) in [5.74, 6) is 0.133. The summed E-state index contributed by atoms with van der Waals surface area (Å²) in [7, 11) is 0. The molecule has 0 saturated carbocycles. The molecular weight excluding hydrogens is 318 g/mol. The van der Waals surface area contributed by atoms with E-state index in [1.165, 1.54) is 0 Å². The van der Waals surface area contributed by atoms with Gasteiger partial charge in [0.1, 0.15) is 0 Å². The van der Waals surface area contributed by atoms with Gasteiger partial charge in [0, 0.05) is 43.3 Å². The zero-order valence-corrected chi connectivity index (χ0v) is 13.7. The Labute approximate surface area is 142 Å². The van der Waals surface area contributed by atoms with E-state index in [9.17, 15) is 9.59 Å². The van der Waals surface area contributed by atoms with Crippen LogP contribution in [0.5, 0.6) is 0 Å². The zero-order valence-electron chi connectivity index (χ0n) is 12.9. The van der Waals surface area contributed by atoms with Crippen LogP contribution in [0.3, 0.4) is 0 Å². The molecule has 0 radical (unpaired) electrons. The molecule has 2 saturated heterocycles.